The van der Waals surface area contributed by atoms with E-state index in [4.69, 9.17) is 16.3 Å². The average molecular weight is 506 g/mol. The van der Waals surface area contributed by atoms with E-state index in [-0.39, 0.29) is 11.3 Å². The topological polar surface area (TPSA) is 92.6 Å². The molecule has 2 aromatic carbocycles. The Kier molecular flexibility index (Phi) is 6.23. The van der Waals surface area contributed by atoms with Gasteiger partial charge in [0, 0.05) is 23.0 Å². The predicted molar refractivity (Wildman–Crippen MR) is 136 cm³/mol. The Morgan fingerprint density at radius 1 is 1.17 bits per heavy atom. The molecule has 1 atom stereocenters. The second-order valence-corrected chi connectivity index (χ2v) is 9.39. The molecular weight excluding hydrogens is 486 g/mol. The summed E-state index contributed by atoms with van der Waals surface area (Å²) in [7, 11) is 0. The van der Waals surface area contributed by atoms with E-state index in [1.807, 2.05) is 6.92 Å². The molecule has 7 nitrogen and oxygen atoms in total. The molecule has 1 fully saturated rings. The zero-order valence-electron chi connectivity index (χ0n) is 18.6. The minimum Gasteiger partial charge on any atom is -0.507 e. The predicted octanol–water partition coefficient (Wildman–Crippen LogP) is 5.76. The third-order valence-electron chi connectivity index (χ3n) is 5.57. The van der Waals surface area contributed by atoms with Crippen LogP contribution in [0, 0.1) is 0 Å². The van der Waals surface area contributed by atoms with Crippen molar-refractivity contribution in [2.24, 2.45) is 0 Å². The van der Waals surface area contributed by atoms with Gasteiger partial charge in [0.25, 0.3) is 5.78 Å². The number of anilines is 1. The molecule has 1 aliphatic rings. The third kappa shape index (κ3) is 4.26. The second kappa shape index (κ2) is 9.48. The van der Waals surface area contributed by atoms with Gasteiger partial charge >= 0.3 is 5.91 Å². The molecule has 1 saturated heterocycles. The third-order valence-corrected chi connectivity index (χ3v) is 6.82. The van der Waals surface area contributed by atoms with Gasteiger partial charge in [-0.25, -0.2) is 4.98 Å². The van der Waals surface area contributed by atoms with Crippen LogP contribution < -0.4 is 9.64 Å². The van der Waals surface area contributed by atoms with Gasteiger partial charge in [-0.2, -0.15) is 0 Å². The lowest BCUT2D eigenvalue weighted by molar-refractivity contribution is -0.132. The Balaban J connectivity index is 1.67. The first-order valence-corrected chi connectivity index (χ1v) is 12.2. The molecule has 0 bridgehead atoms. The van der Waals surface area contributed by atoms with Gasteiger partial charge in [-0.3, -0.25) is 19.5 Å². The number of rotatable bonds is 6. The molecule has 2 aromatic heterocycles. The van der Waals surface area contributed by atoms with Crippen molar-refractivity contribution in [3.8, 4) is 5.75 Å². The summed E-state index contributed by atoms with van der Waals surface area (Å²) in [5.41, 5.74) is 1.57. The molecule has 35 heavy (non-hydrogen) atoms. The Hall–Kier alpha value is -3.75. The average Bonchev–Trinajstić information content (AvgIpc) is 3.40. The molecule has 1 amide bonds. The van der Waals surface area contributed by atoms with E-state index in [0.717, 1.165) is 11.1 Å². The number of hydrogen-bond donors (Lipinski definition) is 1. The van der Waals surface area contributed by atoms with Crippen molar-refractivity contribution in [3.63, 3.8) is 0 Å². The normalized spacial score (nSPS) is 17.3. The first-order chi connectivity index (χ1) is 17.0. The van der Waals surface area contributed by atoms with Gasteiger partial charge in [-0.1, -0.05) is 48.1 Å². The number of amides is 1. The lowest BCUT2D eigenvalue weighted by Crippen LogP contribution is -2.29. The van der Waals surface area contributed by atoms with Crippen LogP contribution in [0.2, 0.25) is 5.02 Å². The standard InChI is InChI=1S/C26H20ClN3O4S/c1-2-11-34-18-7-3-5-15(12-18)23(31)21-22(16-6-4-10-28-14-16)30(25(33)24(21)32)26-29-19-9-8-17(27)13-20(19)35-26/h3-10,12-14,22,31H,2,11H2,1H3. The zero-order chi connectivity index (χ0) is 24.5. The Bertz CT molecular complexity index is 1470. The Morgan fingerprint density at radius 2 is 2.03 bits per heavy atom. The van der Waals surface area contributed by atoms with Gasteiger partial charge in [0.2, 0.25) is 0 Å². The van der Waals surface area contributed by atoms with E-state index in [1.54, 1.807) is 67.0 Å². The number of carbonyl (C=O) groups excluding carboxylic acids is 2. The fraction of sp³-hybridized carbons (Fsp3) is 0.154. The van der Waals surface area contributed by atoms with Crippen LogP contribution in [0.25, 0.3) is 16.0 Å². The van der Waals surface area contributed by atoms with E-state index >= 15 is 0 Å². The number of ketones is 1. The van der Waals surface area contributed by atoms with Gasteiger partial charge in [-0.15, -0.1) is 0 Å². The molecule has 1 aliphatic heterocycles. The fourth-order valence-corrected chi connectivity index (χ4v) is 5.25. The number of aromatic nitrogens is 2. The van der Waals surface area contributed by atoms with Gasteiger partial charge in [0.1, 0.15) is 11.5 Å². The number of ether oxygens (including phenoxy) is 1. The summed E-state index contributed by atoms with van der Waals surface area (Å²) in [6.07, 6.45) is 4.00. The van der Waals surface area contributed by atoms with E-state index in [9.17, 15) is 14.7 Å². The van der Waals surface area contributed by atoms with Gasteiger partial charge in [0.15, 0.2) is 5.13 Å². The van der Waals surface area contributed by atoms with Gasteiger partial charge in [-0.05, 0) is 48.4 Å². The lowest BCUT2D eigenvalue weighted by Gasteiger charge is -2.22. The van der Waals surface area contributed by atoms with Crippen LogP contribution in [0.4, 0.5) is 5.13 Å². The van der Waals surface area contributed by atoms with Crippen LogP contribution in [0.5, 0.6) is 5.75 Å². The van der Waals surface area contributed by atoms with Gasteiger partial charge < -0.3 is 9.84 Å². The molecule has 0 saturated carbocycles. The summed E-state index contributed by atoms with van der Waals surface area (Å²) in [5, 5.41) is 12.2. The Morgan fingerprint density at radius 3 is 2.80 bits per heavy atom. The number of Topliss-reactive ketones (excluding diaryl/α,β-unsaturated/α-hetero) is 1. The zero-order valence-corrected chi connectivity index (χ0v) is 20.2. The van der Waals surface area contributed by atoms with Crippen LogP contribution in [0.1, 0.15) is 30.5 Å². The first kappa shape index (κ1) is 23.0. The number of hydrogen-bond acceptors (Lipinski definition) is 7. The maximum Gasteiger partial charge on any atom is 0.301 e. The second-order valence-electron chi connectivity index (χ2n) is 7.94. The van der Waals surface area contributed by atoms with E-state index in [2.05, 4.69) is 9.97 Å². The molecule has 1 N–H and O–H groups in total. The summed E-state index contributed by atoms with van der Waals surface area (Å²) < 4.78 is 6.45. The number of carbonyl (C=O) groups is 2. The number of pyridine rings is 1. The highest BCUT2D eigenvalue weighted by atomic mass is 35.5. The highest BCUT2D eigenvalue weighted by Gasteiger charge is 2.48. The number of benzene rings is 2. The summed E-state index contributed by atoms with van der Waals surface area (Å²) in [4.78, 5) is 36.7. The number of fused-ring (bicyclic) bond motifs is 1. The molecule has 3 heterocycles. The first-order valence-electron chi connectivity index (χ1n) is 11.0. The van der Waals surface area contributed by atoms with Crippen molar-refractivity contribution in [1.29, 1.82) is 0 Å². The number of thiazole rings is 1. The molecular formula is C26H20ClN3O4S. The van der Waals surface area contributed by atoms with Crippen LogP contribution in [-0.2, 0) is 9.59 Å². The van der Waals surface area contributed by atoms with Crippen molar-refractivity contribution in [2.45, 2.75) is 19.4 Å². The van der Waals surface area contributed by atoms with Crippen LogP contribution in [0.15, 0.2) is 72.6 Å². The minimum absolute atomic E-state index is 0.0343. The minimum atomic E-state index is -0.903. The molecule has 5 rings (SSSR count). The van der Waals surface area contributed by atoms with E-state index in [0.29, 0.717) is 39.2 Å². The number of aliphatic hydroxyl groups excluding tert-OH is 1. The summed E-state index contributed by atoms with van der Waals surface area (Å²) in [6.45, 7) is 2.51. The molecule has 0 spiro atoms. The van der Waals surface area contributed by atoms with Crippen LogP contribution in [0.3, 0.4) is 0 Å². The van der Waals surface area contributed by atoms with Crippen molar-refractivity contribution < 1.29 is 19.4 Å². The lowest BCUT2D eigenvalue weighted by atomic mass is 9.96. The quantitative estimate of drug-likeness (QED) is 0.203. The fourth-order valence-electron chi connectivity index (χ4n) is 3.98. The summed E-state index contributed by atoms with van der Waals surface area (Å²) in [6, 6.07) is 14.6. The Labute approximate surface area is 210 Å². The van der Waals surface area contributed by atoms with Gasteiger partial charge in [0.05, 0.1) is 28.4 Å². The molecule has 9 heteroatoms. The highest BCUT2D eigenvalue weighted by Crippen LogP contribution is 2.44. The molecule has 4 aromatic rings. The van der Waals surface area contributed by atoms with Crippen LogP contribution >= 0.6 is 22.9 Å². The monoisotopic (exact) mass is 505 g/mol. The molecule has 0 aliphatic carbocycles. The molecule has 0 radical (unpaired) electrons. The molecule has 176 valence electrons. The number of nitrogens with zero attached hydrogens (tertiary/aromatic N) is 3. The molecule has 1 unspecified atom stereocenters. The maximum absolute atomic E-state index is 13.3. The van der Waals surface area contributed by atoms with Crippen molar-refractivity contribution in [3.05, 3.63) is 88.7 Å². The highest BCUT2D eigenvalue weighted by molar-refractivity contribution is 7.22. The van der Waals surface area contributed by atoms with Crippen molar-refractivity contribution in [1.82, 2.24) is 9.97 Å². The summed E-state index contributed by atoms with van der Waals surface area (Å²) >= 11 is 7.37. The maximum atomic E-state index is 13.3. The largest absolute Gasteiger partial charge is 0.507 e. The summed E-state index contributed by atoms with van der Waals surface area (Å²) in [5.74, 6) is -1.30. The number of aliphatic hydroxyl groups is 1. The smallest absolute Gasteiger partial charge is 0.301 e. The SMILES string of the molecule is CCCOc1cccc(C(O)=C2C(=O)C(=O)N(c3nc4ccc(Cl)cc4s3)C2c2cccnc2)c1. The van der Waals surface area contributed by atoms with Crippen molar-refractivity contribution >= 4 is 55.7 Å². The van der Waals surface area contributed by atoms with E-state index in [1.165, 1.54) is 16.2 Å². The van der Waals surface area contributed by atoms with Crippen LogP contribution in [-0.4, -0.2) is 33.4 Å². The number of halogens is 1. The van der Waals surface area contributed by atoms with Crippen molar-refractivity contribution in [2.75, 3.05) is 11.5 Å². The van der Waals surface area contributed by atoms with E-state index < -0.39 is 17.7 Å².